The zero-order chi connectivity index (χ0) is 16.1. The summed E-state index contributed by atoms with van der Waals surface area (Å²) in [6.45, 7) is 2.29. The largest absolute Gasteiger partial charge is 0.339 e. The summed E-state index contributed by atoms with van der Waals surface area (Å²) in [6, 6.07) is 16.0. The standard InChI is InChI=1S/C19H23N3O/c1-22(15-17-9-5-6-12-21-17)18(23)19(10-13-20-14-11-19)16-7-3-2-4-8-16/h2-9,12,20H,10-11,13-15H2,1H3. The van der Waals surface area contributed by atoms with Crippen molar-refractivity contribution in [2.75, 3.05) is 20.1 Å². The maximum atomic E-state index is 13.3. The molecule has 23 heavy (non-hydrogen) atoms. The summed E-state index contributed by atoms with van der Waals surface area (Å²) in [4.78, 5) is 19.5. The van der Waals surface area contributed by atoms with E-state index in [2.05, 4.69) is 22.4 Å². The van der Waals surface area contributed by atoms with Crippen molar-refractivity contribution in [3.8, 4) is 0 Å². The average Bonchev–Trinajstić information content (AvgIpc) is 2.63. The monoisotopic (exact) mass is 309 g/mol. The molecule has 1 fully saturated rings. The van der Waals surface area contributed by atoms with Gasteiger partial charge < -0.3 is 10.2 Å². The molecular formula is C19H23N3O. The summed E-state index contributed by atoms with van der Waals surface area (Å²) in [7, 11) is 1.88. The third-order valence-electron chi connectivity index (χ3n) is 4.66. The van der Waals surface area contributed by atoms with Crippen LogP contribution in [0.15, 0.2) is 54.7 Å². The van der Waals surface area contributed by atoms with Crippen molar-refractivity contribution in [1.29, 1.82) is 0 Å². The number of amides is 1. The fourth-order valence-corrected chi connectivity index (χ4v) is 3.41. The molecular weight excluding hydrogens is 286 g/mol. The maximum absolute atomic E-state index is 13.3. The number of likely N-dealkylation sites (N-methyl/N-ethyl adjacent to an activating group) is 1. The van der Waals surface area contributed by atoms with Crippen molar-refractivity contribution < 1.29 is 4.79 Å². The van der Waals surface area contributed by atoms with Gasteiger partial charge >= 0.3 is 0 Å². The van der Waals surface area contributed by atoms with E-state index < -0.39 is 5.41 Å². The molecule has 4 nitrogen and oxygen atoms in total. The van der Waals surface area contributed by atoms with Crippen LogP contribution in [0.25, 0.3) is 0 Å². The van der Waals surface area contributed by atoms with E-state index >= 15 is 0 Å². The van der Waals surface area contributed by atoms with Crippen molar-refractivity contribution in [2.24, 2.45) is 0 Å². The number of hydrogen-bond acceptors (Lipinski definition) is 3. The molecule has 0 bridgehead atoms. The van der Waals surface area contributed by atoms with Crippen LogP contribution in [-0.4, -0.2) is 35.9 Å². The van der Waals surface area contributed by atoms with Gasteiger partial charge in [-0.3, -0.25) is 9.78 Å². The quantitative estimate of drug-likeness (QED) is 0.943. The van der Waals surface area contributed by atoms with Gasteiger partial charge in [0.15, 0.2) is 0 Å². The van der Waals surface area contributed by atoms with Crippen LogP contribution in [0.5, 0.6) is 0 Å². The average molecular weight is 309 g/mol. The Morgan fingerprint density at radius 2 is 1.83 bits per heavy atom. The second-order valence-corrected chi connectivity index (χ2v) is 6.18. The number of piperidine rings is 1. The minimum atomic E-state index is -0.421. The molecule has 1 saturated heterocycles. The number of nitrogens with one attached hydrogen (secondary N) is 1. The normalized spacial score (nSPS) is 16.7. The third-order valence-corrected chi connectivity index (χ3v) is 4.66. The molecule has 0 spiro atoms. The van der Waals surface area contributed by atoms with Gasteiger partial charge in [-0.05, 0) is 43.6 Å². The summed E-state index contributed by atoms with van der Waals surface area (Å²) >= 11 is 0. The molecule has 3 rings (SSSR count). The van der Waals surface area contributed by atoms with Gasteiger partial charge in [-0.25, -0.2) is 0 Å². The summed E-state index contributed by atoms with van der Waals surface area (Å²) in [5.74, 6) is 0.191. The summed E-state index contributed by atoms with van der Waals surface area (Å²) in [5, 5.41) is 3.37. The minimum absolute atomic E-state index is 0.191. The molecule has 0 saturated carbocycles. The molecule has 1 aromatic carbocycles. The Kier molecular flexibility index (Phi) is 4.72. The Morgan fingerprint density at radius 1 is 1.13 bits per heavy atom. The highest BCUT2D eigenvalue weighted by Crippen LogP contribution is 2.35. The number of aromatic nitrogens is 1. The van der Waals surface area contributed by atoms with Gasteiger partial charge in [0.2, 0.25) is 5.91 Å². The van der Waals surface area contributed by atoms with Crippen LogP contribution < -0.4 is 5.32 Å². The second kappa shape index (κ2) is 6.92. The van der Waals surface area contributed by atoms with Crippen molar-refractivity contribution in [2.45, 2.75) is 24.8 Å². The van der Waals surface area contributed by atoms with Gasteiger partial charge in [0.1, 0.15) is 0 Å². The van der Waals surface area contributed by atoms with E-state index in [1.807, 2.05) is 48.3 Å². The minimum Gasteiger partial charge on any atom is -0.339 e. The molecule has 1 aliphatic heterocycles. The van der Waals surface area contributed by atoms with Crippen molar-refractivity contribution >= 4 is 5.91 Å². The van der Waals surface area contributed by atoms with E-state index in [0.29, 0.717) is 6.54 Å². The molecule has 120 valence electrons. The zero-order valence-corrected chi connectivity index (χ0v) is 13.5. The van der Waals surface area contributed by atoms with Crippen LogP contribution in [0.2, 0.25) is 0 Å². The molecule has 1 aliphatic rings. The lowest BCUT2D eigenvalue weighted by Crippen LogP contribution is -2.51. The first kappa shape index (κ1) is 15.7. The van der Waals surface area contributed by atoms with Crippen LogP contribution >= 0.6 is 0 Å². The fourth-order valence-electron chi connectivity index (χ4n) is 3.41. The number of pyridine rings is 1. The number of rotatable bonds is 4. The Balaban J connectivity index is 1.86. The summed E-state index contributed by atoms with van der Waals surface area (Å²) in [6.07, 6.45) is 3.44. The molecule has 1 N–H and O–H groups in total. The van der Waals surface area contributed by atoms with E-state index in [1.165, 1.54) is 0 Å². The van der Waals surface area contributed by atoms with Gasteiger partial charge in [-0.2, -0.15) is 0 Å². The summed E-state index contributed by atoms with van der Waals surface area (Å²) in [5.41, 5.74) is 1.62. The Hall–Kier alpha value is -2.20. The fraction of sp³-hybridized carbons (Fsp3) is 0.368. The Bertz CT molecular complexity index is 636. The highest BCUT2D eigenvalue weighted by molar-refractivity contribution is 5.88. The number of nitrogens with zero attached hydrogens (tertiary/aromatic N) is 2. The first-order valence-corrected chi connectivity index (χ1v) is 8.14. The molecule has 0 radical (unpaired) electrons. The molecule has 0 atom stereocenters. The van der Waals surface area contributed by atoms with Crippen molar-refractivity contribution in [1.82, 2.24) is 15.2 Å². The van der Waals surface area contributed by atoms with Crippen LogP contribution in [-0.2, 0) is 16.8 Å². The molecule has 4 heteroatoms. The van der Waals surface area contributed by atoms with E-state index in [0.717, 1.165) is 37.2 Å². The lowest BCUT2D eigenvalue weighted by molar-refractivity contribution is -0.137. The van der Waals surface area contributed by atoms with Crippen LogP contribution in [0.3, 0.4) is 0 Å². The molecule has 1 aromatic heterocycles. The zero-order valence-electron chi connectivity index (χ0n) is 13.5. The van der Waals surface area contributed by atoms with Gasteiger partial charge in [0.25, 0.3) is 0 Å². The lowest BCUT2D eigenvalue weighted by atomic mass is 9.72. The van der Waals surface area contributed by atoms with E-state index in [1.54, 1.807) is 6.20 Å². The highest BCUT2D eigenvalue weighted by atomic mass is 16.2. The maximum Gasteiger partial charge on any atom is 0.233 e. The van der Waals surface area contributed by atoms with E-state index in [4.69, 9.17) is 0 Å². The predicted molar refractivity (Wildman–Crippen MR) is 90.9 cm³/mol. The first-order chi connectivity index (χ1) is 11.2. The van der Waals surface area contributed by atoms with Gasteiger partial charge in [0.05, 0.1) is 17.7 Å². The van der Waals surface area contributed by atoms with Gasteiger partial charge in [0, 0.05) is 13.2 Å². The lowest BCUT2D eigenvalue weighted by Gasteiger charge is -2.39. The van der Waals surface area contributed by atoms with Crippen LogP contribution in [0, 0.1) is 0 Å². The second-order valence-electron chi connectivity index (χ2n) is 6.18. The topological polar surface area (TPSA) is 45.2 Å². The number of benzene rings is 1. The molecule has 2 heterocycles. The van der Waals surface area contributed by atoms with Crippen LogP contribution in [0.4, 0.5) is 0 Å². The Morgan fingerprint density at radius 3 is 2.48 bits per heavy atom. The van der Waals surface area contributed by atoms with Gasteiger partial charge in [-0.15, -0.1) is 0 Å². The molecule has 0 unspecified atom stereocenters. The molecule has 2 aromatic rings. The number of hydrogen-bond donors (Lipinski definition) is 1. The number of carbonyl (C=O) groups excluding carboxylic acids is 1. The van der Waals surface area contributed by atoms with Crippen molar-refractivity contribution in [3.05, 3.63) is 66.0 Å². The Labute approximate surface area is 137 Å². The third kappa shape index (κ3) is 3.27. The van der Waals surface area contributed by atoms with E-state index in [9.17, 15) is 4.79 Å². The highest BCUT2D eigenvalue weighted by Gasteiger charge is 2.42. The van der Waals surface area contributed by atoms with E-state index in [-0.39, 0.29) is 5.91 Å². The predicted octanol–water partition coefficient (Wildman–Crippen LogP) is 2.36. The summed E-state index contributed by atoms with van der Waals surface area (Å²) < 4.78 is 0. The SMILES string of the molecule is CN(Cc1ccccn1)C(=O)C1(c2ccccc2)CCNCC1. The number of carbonyl (C=O) groups is 1. The van der Waals surface area contributed by atoms with Crippen LogP contribution in [0.1, 0.15) is 24.1 Å². The van der Waals surface area contributed by atoms with Gasteiger partial charge in [-0.1, -0.05) is 36.4 Å². The molecule has 0 aliphatic carbocycles. The molecule has 1 amide bonds. The van der Waals surface area contributed by atoms with Crippen molar-refractivity contribution in [3.63, 3.8) is 0 Å². The smallest absolute Gasteiger partial charge is 0.233 e. The first-order valence-electron chi connectivity index (χ1n) is 8.14.